The highest BCUT2D eigenvalue weighted by Crippen LogP contribution is 2.42. The third-order valence-electron chi connectivity index (χ3n) is 3.48. The molecule has 0 aliphatic carbocycles. The summed E-state index contributed by atoms with van der Waals surface area (Å²) in [7, 11) is 0. The number of ether oxygens (including phenoxy) is 3. The third-order valence-corrected chi connectivity index (χ3v) is 3.48. The summed E-state index contributed by atoms with van der Waals surface area (Å²) in [6, 6.07) is 1.48. The monoisotopic (exact) mass is 283 g/mol. The first-order valence-corrected chi connectivity index (χ1v) is 6.42. The Kier molecular flexibility index (Phi) is 3.05. The molecule has 110 valence electrons. The molecule has 2 aliphatic rings. The van der Waals surface area contributed by atoms with Gasteiger partial charge in [-0.25, -0.2) is 4.79 Å². The predicted molar refractivity (Wildman–Crippen MR) is 67.3 cm³/mol. The van der Waals surface area contributed by atoms with Gasteiger partial charge in [-0.1, -0.05) is 0 Å². The van der Waals surface area contributed by atoms with Crippen molar-refractivity contribution in [3.05, 3.63) is 22.7 Å². The number of anilines is 1. The van der Waals surface area contributed by atoms with Crippen LogP contribution in [0.25, 0.3) is 0 Å². The summed E-state index contributed by atoms with van der Waals surface area (Å²) in [5.41, 5.74) is 1.30. The van der Waals surface area contributed by atoms with Crippen molar-refractivity contribution >= 4 is 5.82 Å². The van der Waals surface area contributed by atoms with Crippen molar-refractivity contribution in [1.82, 2.24) is 9.55 Å². The molecule has 8 nitrogen and oxygen atoms in total. The van der Waals surface area contributed by atoms with E-state index in [9.17, 15) is 4.79 Å². The van der Waals surface area contributed by atoms with E-state index in [-0.39, 0.29) is 24.1 Å². The van der Waals surface area contributed by atoms with Crippen molar-refractivity contribution in [2.75, 3.05) is 5.48 Å². The topological polar surface area (TPSA) is 94.8 Å². The van der Waals surface area contributed by atoms with E-state index in [4.69, 9.17) is 19.4 Å². The molecule has 3 rings (SSSR count). The fourth-order valence-corrected chi connectivity index (χ4v) is 2.67. The molecule has 3 heterocycles. The molecule has 0 aromatic carbocycles. The largest absolute Gasteiger partial charge is 0.351 e. The number of rotatable bonds is 2. The van der Waals surface area contributed by atoms with Gasteiger partial charge in [0.1, 0.15) is 12.2 Å². The number of nitrogens with one attached hydrogen (secondary N) is 1. The van der Waals surface area contributed by atoms with Crippen LogP contribution in [0.2, 0.25) is 0 Å². The molecule has 0 bridgehead atoms. The Morgan fingerprint density at radius 2 is 2.10 bits per heavy atom. The minimum absolute atomic E-state index is 0.0813. The Bertz CT molecular complexity index is 572. The smallest absolute Gasteiger partial charge is 0.349 e. The van der Waals surface area contributed by atoms with Gasteiger partial charge in [0.25, 0.3) is 0 Å². The van der Waals surface area contributed by atoms with E-state index < -0.39 is 17.7 Å². The minimum Gasteiger partial charge on any atom is -0.349 e. The fraction of sp³-hybridized carbons (Fsp3) is 0.667. The molecule has 0 amide bonds. The van der Waals surface area contributed by atoms with Crippen LogP contribution in [0.3, 0.4) is 0 Å². The number of fused-ring (bicyclic) bond motifs is 1. The minimum atomic E-state index is -0.699. The van der Waals surface area contributed by atoms with Gasteiger partial charge in [-0.15, -0.1) is 0 Å². The molecule has 0 radical (unpaired) electrons. The molecule has 8 heteroatoms. The van der Waals surface area contributed by atoms with E-state index in [1.54, 1.807) is 0 Å². The van der Waals surface area contributed by atoms with Gasteiger partial charge in [0, 0.05) is 6.20 Å². The van der Waals surface area contributed by atoms with Crippen LogP contribution in [0.4, 0.5) is 5.82 Å². The zero-order chi connectivity index (χ0) is 14.5. The third kappa shape index (κ3) is 2.10. The molecule has 2 N–H and O–H groups in total. The Morgan fingerprint density at radius 3 is 2.75 bits per heavy atom. The predicted octanol–water partition coefficient (Wildman–Crippen LogP) is 0.482. The average Bonchev–Trinajstić information content (AvgIpc) is 2.85. The first kappa shape index (κ1) is 13.5. The lowest BCUT2D eigenvalue weighted by Gasteiger charge is -2.23. The van der Waals surface area contributed by atoms with Crippen molar-refractivity contribution < 1.29 is 19.4 Å². The van der Waals surface area contributed by atoms with Crippen LogP contribution in [0.5, 0.6) is 0 Å². The number of hydrogen-bond donors (Lipinski definition) is 2. The van der Waals surface area contributed by atoms with Gasteiger partial charge < -0.3 is 14.2 Å². The highest BCUT2D eigenvalue weighted by molar-refractivity contribution is 5.28. The average molecular weight is 283 g/mol. The molecule has 2 aliphatic heterocycles. The van der Waals surface area contributed by atoms with Crippen LogP contribution < -0.4 is 11.2 Å². The van der Waals surface area contributed by atoms with E-state index in [1.165, 1.54) is 16.8 Å². The van der Waals surface area contributed by atoms with Gasteiger partial charge in [0.15, 0.2) is 17.8 Å². The summed E-state index contributed by atoms with van der Waals surface area (Å²) in [4.78, 5) is 15.6. The standard InChI is InChI=1S/C12H17N3O5/c1-6-8-9(20-12(2,3)19-8)10(18-6)15-5-4-7(14-17)13-11(15)16/h4-6,8-10,17H,1-3H3,(H,13,14,16)/t6-,8?,9?,10-/m1/s1. The second-order valence-electron chi connectivity index (χ2n) is 5.41. The molecular weight excluding hydrogens is 266 g/mol. The van der Waals surface area contributed by atoms with E-state index >= 15 is 0 Å². The van der Waals surface area contributed by atoms with Gasteiger partial charge >= 0.3 is 5.69 Å². The van der Waals surface area contributed by atoms with Crippen molar-refractivity contribution in [3.63, 3.8) is 0 Å². The lowest BCUT2D eigenvalue weighted by atomic mass is 10.1. The Balaban J connectivity index is 1.93. The summed E-state index contributed by atoms with van der Waals surface area (Å²) < 4.78 is 18.7. The van der Waals surface area contributed by atoms with Gasteiger partial charge in [0.05, 0.1) is 6.10 Å². The maximum absolute atomic E-state index is 12.0. The molecule has 0 saturated carbocycles. The second-order valence-corrected chi connectivity index (χ2v) is 5.41. The lowest BCUT2D eigenvalue weighted by Crippen LogP contribution is -2.34. The highest BCUT2D eigenvalue weighted by atomic mass is 16.8. The van der Waals surface area contributed by atoms with Crippen molar-refractivity contribution in [1.29, 1.82) is 0 Å². The van der Waals surface area contributed by atoms with Crippen LogP contribution >= 0.6 is 0 Å². The van der Waals surface area contributed by atoms with Crippen molar-refractivity contribution in [3.8, 4) is 0 Å². The maximum atomic E-state index is 12.0. The zero-order valence-corrected chi connectivity index (χ0v) is 11.4. The molecule has 0 spiro atoms. The molecule has 2 unspecified atom stereocenters. The number of aromatic nitrogens is 2. The molecule has 1 aromatic rings. The van der Waals surface area contributed by atoms with E-state index in [0.29, 0.717) is 0 Å². The Hall–Kier alpha value is -1.48. The van der Waals surface area contributed by atoms with E-state index in [1.807, 2.05) is 26.3 Å². The van der Waals surface area contributed by atoms with Crippen molar-refractivity contribution in [2.24, 2.45) is 0 Å². The number of nitrogens with zero attached hydrogens (tertiary/aromatic N) is 2. The summed E-state index contributed by atoms with van der Waals surface area (Å²) in [5, 5.41) is 8.74. The molecule has 2 fully saturated rings. The molecule has 20 heavy (non-hydrogen) atoms. The van der Waals surface area contributed by atoms with E-state index in [2.05, 4.69) is 4.98 Å². The Labute approximate surface area is 115 Å². The zero-order valence-electron chi connectivity index (χ0n) is 11.4. The SMILES string of the molecule is C[C@H]1O[C@@H](n2ccc(NO)nc2=O)C2OC(C)(C)OC21. The first-order valence-electron chi connectivity index (χ1n) is 6.42. The van der Waals surface area contributed by atoms with E-state index in [0.717, 1.165) is 0 Å². The van der Waals surface area contributed by atoms with Gasteiger partial charge in [-0.05, 0) is 26.8 Å². The van der Waals surface area contributed by atoms with Crippen molar-refractivity contribution in [2.45, 2.75) is 51.1 Å². The molecule has 2 saturated heterocycles. The summed E-state index contributed by atoms with van der Waals surface area (Å²) in [5.74, 6) is -0.618. The molecule has 1 aromatic heterocycles. The first-order chi connectivity index (χ1) is 9.41. The quantitative estimate of drug-likeness (QED) is 0.762. The van der Waals surface area contributed by atoms with Crippen LogP contribution in [-0.4, -0.2) is 38.9 Å². The van der Waals surface area contributed by atoms with Crippen LogP contribution in [0.15, 0.2) is 17.1 Å². The summed E-state index contributed by atoms with van der Waals surface area (Å²) >= 11 is 0. The summed E-state index contributed by atoms with van der Waals surface area (Å²) in [6.45, 7) is 5.54. The fourth-order valence-electron chi connectivity index (χ4n) is 2.67. The van der Waals surface area contributed by atoms with Gasteiger partial charge in [0.2, 0.25) is 0 Å². The second kappa shape index (κ2) is 4.52. The van der Waals surface area contributed by atoms with Gasteiger partial charge in [-0.2, -0.15) is 4.98 Å². The molecule has 4 atom stereocenters. The Morgan fingerprint density at radius 1 is 1.40 bits per heavy atom. The highest BCUT2D eigenvalue weighted by Gasteiger charge is 2.54. The lowest BCUT2D eigenvalue weighted by molar-refractivity contribution is -0.195. The van der Waals surface area contributed by atoms with Crippen LogP contribution in [0.1, 0.15) is 27.0 Å². The normalized spacial score (nSPS) is 35.0. The maximum Gasteiger partial charge on any atom is 0.351 e. The van der Waals surface area contributed by atoms with Crippen LogP contribution in [-0.2, 0) is 14.2 Å². The van der Waals surface area contributed by atoms with Gasteiger partial charge in [-0.3, -0.25) is 15.3 Å². The number of hydrogen-bond acceptors (Lipinski definition) is 7. The molecular formula is C12H17N3O5. The summed E-state index contributed by atoms with van der Waals surface area (Å²) in [6.07, 6.45) is 0.131. The van der Waals surface area contributed by atoms with Crippen LogP contribution in [0, 0.1) is 0 Å².